The van der Waals surface area contributed by atoms with Gasteiger partial charge in [-0.25, -0.2) is 0 Å². The van der Waals surface area contributed by atoms with Crippen molar-refractivity contribution in [3.63, 3.8) is 0 Å². The number of methoxy groups -OCH3 is 1. The van der Waals surface area contributed by atoms with Gasteiger partial charge in [-0.15, -0.1) is 0 Å². The fourth-order valence-electron chi connectivity index (χ4n) is 2.48. The van der Waals surface area contributed by atoms with Crippen molar-refractivity contribution in [2.24, 2.45) is 0 Å². The predicted molar refractivity (Wildman–Crippen MR) is 83.0 cm³/mol. The number of piperazine rings is 1. The molecule has 0 aromatic heterocycles. The van der Waals surface area contributed by atoms with Crippen molar-refractivity contribution in [1.29, 1.82) is 0 Å². The lowest BCUT2D eigenvalue weighted by Crippen LogP contribution is -2.46. The Morgan fingerprint density at radius 1 is 1.16 bits per heavy atom. The van der Waals surface area contributed by atoms with Crippen molar-refractivity contribution < 1.29 is 4.74 Å². The van der Waals surface area contributed by atoms with E-state index >= 15 is 0 Å². The highest BCUT2D eigenvalue weighted by Crippen LogP contribution is 2.23. The summed E-state index contributed by atoms with van der Waals surface area (Å²) >= 11 is 3.62. The van der Waals surface area contributed by atoms with E-state index in [9.17, 15) is 0 Å². The number of ether oxygens (including phenoxy) is 1. The van der Waals surface area contributed by atoms with E-state index in [2.05, 4.69) is 44.8 Å². The van der Waals surface area contributed by atoms with Gasteiger partial charge >= 0.3 is 0 Å². The van der Waals surface area contributed by atoms with Crippen LogP contribution in [0.1, 0.15) is 12.5 Å². The maximum absolute atomic E-state index is 5.29. The second-order valence-corrected chi connectivity index (χ2v) is 5.84. The van der Waals surface area contributed by atoms with Gasteiger partial charge in [-0.2, -0.15) is 0 Å². The number of likely N-dealkylation sites (N-methyl/N-ethyl adjacent to an activating group) is 1. The van der Waals surface area contributed by atoms with Crippen LogP contribution in [-0.2, 0) is 6.42 Å². The first-order valence-corrected chi connectivity index (χ1v) is 7.79. The van der Waals surface area contributed by atoms with Gasteiger partial charge in [0.05, 0.1) is 7.11 Å². The Balaban J connectivity index is 1.85. The molecule has 0 saturated carbocycles. The van der Waals surface area contributed by atoms with Gasteiger partial charge in [0.2, 0.25) is 0 Å². The molecule has 1 aliphatic heterocycles. The zero-order valence-electron chi connectivity index (χ0n) is 11.9. The van der Waals surface area contributed by atoms with Crippen LogP contribution >= 0.6 is 15.9 Å². The van der Waals surface area contributed by atoms with E-state index in [0.29, 0.717) is 0 Å². The highest BCUT2D eigenvalue weighted by atomic mass is 79.9. The molecule has 0 aliphatic carbocycles. The summed E-state index contributed by atoms with van der Waals surface area (Å²) in [6, 6.07) is 6.20. The van der Waals surface area contributed by atoms with Gasteiger partial charge in [-0.1, -0.05) is 22.9 Å². The summed E-state index contributed by atoms with van der Waals surface area (Å²) in [6.07, 6.45) is 1.07. The van der Waals surface area contributed by atoms with Crippen molar-refractivity contribution in [1.82, 2.24) is 9.80 Å². The number of halogens is 1. The molecular weight excluding hydrogens is 304 g/mol. The SMILES string of the molecule is CCN1CCN(CCc2cc(OC)ccc2Br)CC1. The fraction of sp³-hybridized carbons (Fsp3) is 0.600. The number of benzene rings is 1. The van der Waals surface area contributed by atoms with E-state index < -0.39 is 0 Å². The maximum Gasteiger partial charge on any atom is 0.119 e. The van der Waals surface area contributed by atoms with Gasteiger partial charge in [0.15, 0.2) is 0 Å². The molecule has 0 amide bonds. The molecule has 1 fully saturated rings. The van der Waals surface area contributed by atoms with E-state index in [4.69, 9.17) is 4.74 Å². The first kappa shape index (κ1) is 14.8. The van der Waals surface area contributed by atoms with Crippen LogP contribution in [0.3, 0.4) is 0 Å². The van der Waals surface area contributed by atoms with E-state index in [1.54, 1.807) is 7.11 Å². The average molecular weight is 327 g/mol. The summed E-state index contributed by atoms with van der Waals surface area (Å²) < 4.78 is 6.47. The summed E-state index contributed by atoms with van der Waals surface area (Å²) in [5.41, 5.74) is 1.33. The second-order valence-electron chi connectivity index (χ2n) is 4.98. The van der Waals surface area contributed by atoms with Crippen molar-refractivity contribution in [3.05, 3.63) is 28.2 Å². The first-order chi connectivity index (χ1) is 9.22. The lowest BCUT2D eigenvalue weighted by atomic mass is 10.1. The van der Waals surface area contributed by atoms with Gasteiger partial charge < -0.3 is 14.5 Å². The third kappa shape index (κ3) is 4.20. The number of hydrogen-bond acceptors (Lipinski definition) is 3. The van der Waals surface area contributed by atoms with Crippen LogP contribution < -0.4 is 4.74 Å². The minimum Gasteiger partial charge on any atom is -0.497 e. The maximum atomic E-state index is 5.29. The van der Waals surface area contributed by atoms with Crippen molar-refractivity contribution >= 4 is 15.9 Å². The minimum absolute atomic E-state index is 0.939. The van der Waals surface area contributed by atoms with E-state index in [1.165, 1.54) is 42.8 Å². The smallest absolute Gasteiger partial charge is 0.119 e. The van der Waals surface area contributed by atoms with E-state index in [0.717, 1.165) is 18.7 Å². The van der Waals surface area contributed by atoms with Crippen LogP contribution in [0.2, 0.25) is 0 Å². The Kier molecular flexibility index (Phi) is 5.67. The molecule has 1 heterocycles. The molecule has 2 rings (SSSR count). The van der Waals surface area contributed by atoms with Crippen LogP contribution in [0.15, 0.2) is 22.7 Å². The van der Waals surface area contributed by atoms with Crippen molar-refractivity contribution in [2.75, 3.05) is 46.4 Å². The molecule has 19 heavy (non-hydrogen) atoms. The molecule has 0 atom stereocenters. The lowest BCUT2D eigenvalue weighted by Gasteiger charge is -2.34. The lowest BCUT2D eigenvalue weighted by molar-refractivity contribution is 0.138. The molecule has 1 saturated heterocycles. The topological polar surface area (TPSA) is 15.7 Å². The Labute approximate surface area is 124 Å². The molecular formula is C15H23BrN2O. The van der Waals surface area contributed by atoms with Crippen LogP contribution in [0.5, 0.6) is 5.75 Å². The number of nitrogens with zero attached hydrogens (tertiary/aromatic N) is 2. The van der Waals surface area contributed by atoms with E-state index in [1.807, 2.05) is 6.07 Å². The first-order valence-electron chi connectivity index (χ1n) is 7.00. The summed E-state index contributed by atoms with van der Waals surface area (Å²) in [5, 5.41) is 0. The van der Waals surface area contributed by atoms with Crippen LogP contribution in [-0.4, -0.2) is 56.2 Å². The zero-order chi connectivity index (χ0) is 13.7. The van der Waals surface area contributed by atoms with Crippen molar-refractivity contribution in [3.8, 4) is 5.75 Å². The van der Waals surface area contributed by atoms with E-state index in [-0.39, 0.29) is 0 Å². The fourth-order valence-corrected chi connectivity index (χ4v) is 2.92. The Bertz CT molecular complexity index is 403. The predicted octanol–water partition coefficient (Wildman–Crippen LogP) is 2.64. The monoisotopic (exact) mass is 326 g/mol. The van der Waals surface area contributed by atoms with Crippen LogP contribution in [0, 0.1) is 0 Å². The standard InChI is InChI=1S/C15H23BrN2O/c1-3-17-8-10-18(11-9-17)7-6-13-12-14(19-2)4-5-15(13)16/h4-5,12H,3,6-11H2,1-2H3. The normalized spacial score (nSPS) is 17.6. The molecule has 4 heteroatoms. The zero-order valence-corrected chi connectivity index (χ0v) is 13.4. The van der Waals surface area contributed by atoms with Gasteiger partial charge in [0, 0.05) is 37.2 Å². The summed E-state index contributed by atoms with van der Waals surface area (Å²) in [7, 11) is 1.72. The molecule has 1 aliphatic rings. The summed E-state index contributed by atoms with van der Waals surface area (Å²) in [5.74, 6) is 0.939. The minimum atomic E-state index is 0.939. The van der Waals surface area contributed by atoms with Gasteiger partial charge in [-0.3, -0.25) is 0 Å². The molecule has 3 nitrogen and oxygen atoms in total. The quantitative estimate of drug-likeness (QED) is 0.827. The highest BCUT2D eigenvalue weighted by Gasteiger charge is 2.15. The van der Waals surface area contributed by atoms with Gasteiger partial charge in [0.1, 0.15) is 5.75 Å². The van der Waals surface area contributed by atoms with Crippen LogP contribution in [0.25, 0.3) is 0 Å². The average Bonchev–Trinajstić information content (AvgIpc) is 2.47. The largest absolute Gasteiger partial charge is 0.497 e. The Hall–Kier alpha value is -0.580. The molecule has 0 unspecified atom stereocenters. The highest BCUT2D eigenvalue weighted by molar-refractivity contribution is 9.10. The summed E-state index contributed by atoms with van der Waals surface area (Å²) in [6.45, 7) is 9.33. The molecule has 1 aromatic carbocycles. The molecule has 0 spiro atoms. The molecule has 0 N–H and O–H groups in total. The van der Waals surface area contributed by atoms with Crippen LogP contribution in [0.4, 0.5) is 0 Å². The van der Waals surface area contributed by atoms with Gasteiger partial charge in [0.25, 0.3) is 0 Å². The third-order valence-corrected chi connectivity index (χ3v) is 4.64. The molecule has 106 valence electrons. The second kappa shape index (κ2) is 7.27. The van der Waals surface area contributed by atoms with Gasteiger partial charge in [-0.05, 0) is 36.7 Å². The molecule has 0 bridgehead atoms. The molecule has 0 radical (unpaired) electrons. The Morgan fingerprint density at radius 2 is 1.84 bits per heavy atom. The number of hydrogen-bond donors (Lipinski definition) is 0. The third-order valence-electron chi connectivity index (χ3n) is 3.86. The number of rotatable bonds is 5. The Morgan fingerprint density at radius 3 is 2.47 bits per heavy atom. The molecule has 1 aromatic rings. The summed E-state index contributed by atoms with van der Waals surface area (Å²) in [4.78, 5) is 5.07. The van der Waals surface area contributed by atoms with Crippen molar-refractivity contribution in [2.45, 2.75) is 13.3 Å².